The molecule has 0 aromatic carbocycles. The highest BCUT2D eigenvalue weighted by molar-refractivity contribution is 8.22. The minimum absolute atomic E-state index is 0.0675. The van der Waals surface area contributed by atoms with E-state index in [1.54, 1.807) is 0 Å². The van der Waals surface area contributed by atoms with Crippen LogP contribution in [0.2, 0.25) is 0 Å². The topological polar surface area (TPSA) is 43.4 Å². The van der Waals surface area contributed by atoms with Gasteiger partial charge >= 0.3 is 5.97 Å². The van der Waals surface area contributed by atoms with Crippen molar-refractivity contribution in [2.24, 2.45) is 0 Å². The molecule has 0 aliphatic carbocycles. The Morgan fingerprint density at radius 1 is 1.09 bits per heavy atom. The third kappa shape index (κ3) is 7.02. The first-order valence-corrected chi connectivity index (χ1v) is 12.2. The zero-order valence-electron chi connectivity index (χ0n) is 12.7. The Kier molecular flexibility index (Phi) is 8.89. The van der Waals surface area contributed by atoms with Crippen LogP contribution in [0.5, 0.6) is 0 Å². The van der Waals surface area contributed by atoms with Gasteiger partial charge in [-0.1, -0.05) is 24.9 Å². The van der Waals surface area contributed by atoms with E-state index in [1.165, 1.54) is 23.9 Å². The predicted molar refractivity (Wildman–Crippen MR) is 109 cm³/mol. The van der Waals surface area contributed by atoms with Gasteiger partial charge in [0.15, 0.2) is 0 Å². The highest BCUT2D eigenvalue weighted by Gasteiger charge is 2.33. The lowest BCUT2D eigenvalue weighted by Crippen LogP contribution is -2.14. The molecule has 8 heteroatoms. The van der Waals surface area contributed by atoms with Crippen LogP contribution in [0.25, 0.3) is 0 Å². The third-order valence-electron chi connectivity index (χ3n) is 3.17. The Bertz CT molecular complexity index is 416. The number of hydrogen-bond acceptors (Lipinski definition) is 8. The van der Waals surface area contributed by atoms with Crippen molar-refractivity contribution in [1.82, 2.24) is 0 Å². The summed E-state index contributed by atoms with van der Waals surface area (Å²) in [7, 11) is 0. The van der Waals surface area contributed by atoms with E-state index in [9.17, 15) is 9.59 Å². The molecule has 0 aromatic heterocycles. The van der Waals surface area contributed by atoms with Crippen molar-refractivity contribution in [3.63, 3.8) is 0 Å². The molecule has 0 N–H and O–H groups in total. The van der Waals surface area contributed by atoms with Gasteiger partial charge in [-0.3, -0.25) is 4.79 Å². The van der Waals surface area contributed by atoms with Gasteiger partial charge in [-0.25, -0.2) is 4.79 Å². The van der Waals surface area contributed by atoms with E-state index >= 15 is 0 Å². The number of carbonyl (C=O) groups excluding carboxylic acids is 2. The van der Waals surface area contributed by atoms with Crippen molar-refractivity contribution >= 4 is 69.9 Å². The Balaban J connectivity index is 1.63. The number of ether oxygens (including phenoxy) is 1. The van der Waals surface area contributed by atoms with Crippen LogP contribution in [-0.2, 0) is 14.3 Å². The van der Waals surface area contributed by atoms with E-state index < -0.39 is 0 Å². The van der Waals surface area contributed by atoms with Crippen molar-refractivity contribution in [2.45, 2.75) is 26.1 Å². The van der Waals surface area contributed by atoms with Gasteiger partial charge in [0.05, 0.1) is 9.16 Å². The van der Waals surface area contributed by atoms with E-state index in [0.29, 0.717) is 26.3 Å². The monoisotopic (exact) mass is 408 g/mol. The summed E-state index contributed by atoms with van der Waals surface area (Å²) in [4.78, 5) is 22.4. The van der Waals surface area contributed by atoms with Gasteiger partial charge in [-0.15, -0.1) is 47.0 Å². The molecule has 0 amide bonds. The van der Waals surface area contributed by atoms with E-state index in [2.05, 4.69) is 13.2 Å². The normalized spacial score (nSPS) is 30.1. The summed E-state index contributed by atoms with van der Waals surface area (Å²) < 4.78 is 6.32. The van der Waals surface area contributed by atoms with Crippen LogP contribution in [0.4, 0.5) is 0 Å². The summed E-state index contributed by atoms with van der Waals surface area (Å²) in [6, 6.07) is 0. The summed E-state index contributed by atoms with van der Waals surface area (Å²) in [6.45, 7) is 7.39. The molecule has 0 saturated carbocycles. The molecule has 2 aliphatic heterocycles. The molecule has 4 atom stereocenters. The SMILES string of the molecule is C=CC(=O)OCC1CSC(CC2SCC(CSC(=O)C=C)S2)S1. The van der Waals surface area contributed by atoms with Gasteiger partial charge in [0.2, 0.25) is 5.12 Å². The molecule has 2 saturated heterocycles. The maximum absolute atomic E-state index is 11.3. The first kappa shape index (κ1) is 19.7. The second kappa shape index (κ2) is 10.4. The second-order valence-corrected chi connectivity index (χ2v) is 12.1. The molecular formula is C15H20O3S5. The van der Waals surface area contributed by atoms with Crippen molar-refractivity contribution in [3.8, 4) is 0 Å². The van der Waals surface area contributed by atoms with Gasteiger partial charge in [0, 0.05) is 33.8 Å². The molecule has 128 valence electrons. The van der Waals surface area contributed by atoms with E-state index in [0.717, 1.165) is 23.7 Å². The maximum Gasteiger partial charge on any atom is 0.330 e. The first-order chi connectivity index (χ1) is 11.1. The summed E-state index contributed by atoms with van der Waals surface area (Å²) in [6.07, 6.45) is 3.76. The fourth-order valence-electron chi connectivity index (χ4n) is 2.06. The number of thioether (sulfide) groups is 5. The standard InChI is InChI=1S/C15H20O3S5/c1-3-12(16)18-6-10-7-20-14(22-10)5-15-21-9-11(23-15)8-19-13(17)4-2/h3-4,10-11,14-15H,1-2,5-9H2. The van der Waals surface area contributed by atoms with Gasteiger partial charge in [-0.2, -0.15) is 0 Å². The summed E-state index contributed by atoms with van der Waals surface area (Å²) >= 11 is 9.27. The summed E-state index contributed by atoms with van der Waals surface area (Å²) in [5.74, 6) is 2.70. The summed E-state index contributed by atoms with van der Waals surface area (Å²) in [5, 5.41) is 1.01. The van der Waals surface area contributed by atoms with Crippen LogP contribution in [-0.4, -0.2) is 54.6 Å². The molecule has 0 aromatic rings. The van der Waals surface area contributed by atoms with Crippen molar-refractivity contribution in [3.05, 3.63) is 25.3 Å². The van der Waals surface area contributed by atoms with E-state index in [1.807, 2.05) is 47.0 Å². The zero-order chi connectivity index (χ0) is 16.7. The molecule has 2 fully saturated rings. The molecule has 2 rings (SSSR count). The average Bonchev–Trinajstić information content (AvgIpc) is 3.20. The Morgan fingerprint density at radius 2 is 1.74 bits per heavy atom. The molecule has 3 nitrogen and oxygen atoms in total. The molecule has 0 radical (unpaired) electrons. The molecular weight excluding hydrogens is 388 g/mol. The fraction of sp³-hybridized carbons (Fsp3) is 0.600. The first-order valence-electron chi connectivity index (χ1n) is 7.23. The Morgan fingerprint density at radius 3 is 2.39 bits per heavy atom. The smallest absolute Gasteiger partial charge is 0.330 e. The van der Waals surface area contributed by atoms with Gasteiger partial charge < -0.3 is 4.74 Å². The van der Waals surface area contributed by atoms with Crippen LogP contribution >= 0.6 is 58.8 Å². The van der Waals surface area contributed by atoms with Gasteiger partial charge in [0.1, 0.15) is 6.61 Å². The predicted octanol–water partition coefficient (Wildman–Crippen LogP) is 3.90. The molecule has 2 aliphatic rings. The Hall–Kier alpha value is 0.370. The maximum atomic E-state index is 11.3. The molecule has 4 unspecified atom stereocenters. The largest absolute Gasteiger partial charge is 0.461 e. The lowest BCUT2D eigenvalue weighted by molar-refractivity contribution is -0.137. The van der Waals surface area contributed by atoms with Crippen LogP contribution in [0.15, 0.2) is 25.3 Å². The van der Waals surface area contributed by atoms with Gasteiger partial charge in [0.25, 0.3) is 0 Å². The lowest BCUT2D eigenvalue weighted by atomic mass is 10.5. The van der Waals surface area contributed by atoms with Crippen LogP contribution in [0.1, 0.15) is 6.42 Å². The fourth-order valence-corrected chi connectivity index (χ4v) is 10.3. The van der Waals surface area contributed by atoms with Crippen LogP contribution in [0, 0.1) is 0 Å². The minimum atomic E-state index is -0.338. The quantitative estimate of drug-likeness (QED) is 0.442. The van der Waals surface area contributed by atoms with Crippen molar-refractivity contribution < 1.29 is 14.3 Å². The minimum Gasteiger partial charge on any atom is -0.461 e. The van der Waals surface area contributed by atoms with Crippen LogP contribution in [0.3, 0.4) is 0 Å². The number of esters is 1. The highest BCUT2D eigenvalue weighted by atomic mass is 32.2. The van der Waals surface area contributed by atoms with E-state index in [4.69, 9.17) is 4.74 Å². The number of carbonyl (C=O) groups is 2. The average molecular weight is 409 g/mol. The van der Waals surface area contributed by atoms with Gasteiger partial charge in [-0.05, 0) is 12.5 Å². The summed E-state index contributed by atoms with van der Waals surface area (Å²) in [5.41, 5.74) is 0. The number of rotatable bonds is 8. The molecule has 0 bridgehead atoms. The number of hydrogen-bond donors (Lipinski definition) is 0. The lowest BCUT2D eigenvalue weighted by Gasteiger charge is -2.14. The highest BCUT2D eigenvalue weighted by Crippen LogP contribution is 2.48. The second-order valence-electron chi connectivity index (χ2n) is 4.95. The van der Waals surface area contributed by atoms with E-state index in [-0.39, 0.29) is 11.1 Å². The zero-order valence-corrected chi connectivity index (χ0v) is 16.8. The molecule has 23 heavy (non-hydrogen) atoms. The Labute approximate surface area is 159 Å². The molecule has 2 heterocycles. The molecule has 0 spiro atoms. The van der Waals surface area contributed by atoms with Crippen molar-refractivity contribution in [2.75, 3.05) is 23.9 Å². The van der Waals surface area contributed by atoms with Crippen molar-refractivity contribution in [1.29, 1.82) is 0 Å². The van der Waals surface area contributed by atoms with Crippen LogP contribution < -0.4 is 0 Å². The third-order valence-corrected chi connectivity index (χ3v) is 11.0.